The molecule has 3 aromatic carbocycles. The summed E-state index contributed by atoms with van der Waals surface area (Å²) < 4.78 is 12.6. The topological polar surface area (TPSA) is 107 Å². The standard InChI is InChI=1S/C30H29N5O4/c1-18-9-8-12-22(15-18)34-29(36)23-17-31-35-27(20-13-14-24(38-3)25(16-20)39-4)26(19(2)32-28(23)35)30(37)33-21-10-6-5-7-11-21/h5-17,27,32H,1-4H3,(H,33,37)(H,34,36)/t27-/m1/s1. The molecule has 4 aromatic rings. The molecule has 1 aromatic heterocycles. The summed E-state index contributed by atoms with van der Waals surface area (Å²) in [7, 11) is 3.12. The number of methoxy groups -OCH3 is 2. The van der Waals surface area contributed by atoms with Crippen LogP contribution < -0.4 is 25.4 Å². The number of hydrogen-bond acceptors (Lipinski definition) is 6. The number of amides is 2. The number of benzene rings is 3. The fourth-order valence-electron chi connectivity index (χ4n) is 4.69. The van der Waals surface area contributed by atoms with Crippen molar-refractivity contribution >= 4 is 29.0 Å². The Balaban J connectivity index is 1.58. The van der Waals surface area contributed by atoms with Crippen LogP contribution in [0.15, 0.2) is 90.3 Å². The van der Waals surface area contributed by atoms with E-state index in [2.05, 4.69) is 21.0 Å². The van der Waals surface area contributed by atoms with Crippen molar-refractivity contribution in [2.75, 3.05) is 30.2 Å². The Kier molecular flexibility index (Phi) is 7.05. The van der Waals surface area contributed by atoms with Gasteiger partial charge in [0.25, 0.3) is 11.8 Å². The third-order valence-corrected chi connectivity index (χ3v) is 6.54. The lowest BCUT2D eigenvalue weighted by Crippen LogP contribution is -2.32. The first-order chi connectivity index (χ1) is 18.9. The second-order valence-electron chi connectivity index (χ2n) is 9.18. The van der Waals surface area contributed by atoms with E-state index in [1.807, 2.05) is 80.6 Å². The smallest absolute Gasteiger partial charge is 0.261 e. The van der Waals surface area contributed by atoms with Crippen LogP contribution in [0.4, 0.5) is 17.2 Å². The molecule has 0 radical (unpaired) electrons. The van der Waals surface area contributed by atoms with E-state index in [4.69, 9.17) is 9.47 Å². The van der Waals surface area contributed by atoms with E-state index in [1.54, 1.807) is 25.0 Å². The van der Waals surface area contributed by atoms with Gasteiger partial charge in [-0.3, -0.25) is 9.59 Å². The maximum absolute atomic E-state index is 13.7. The molecular weight excluding hydrogens is 494 g/mol. The zero-order valence-corrected chi connectivity index (χ0v) is 22.1. The fraction of sp³-hybridized carbons (Fsp3) is 0.167. The molecule has 0 saturated carbocycles. The molecule has 0 spiro atoms. The van der Waals surface area contributed by atoms with Crippen LogP contribution in [0.25, 0.3) is 0 Å². The highest BCUT2D eigenvalue weighted by Gasteiger charge is 2.36. The first-order valence-electron chi connectivity index (χ1n) is 12.4. The number of anilines is 3. The lowest BCUT2D eigenvalue weighted by molar-refractivity contribution is -0.113. The van der Waals surface area contributed by atoms with Crippen LogP contribution in [0.2, 0.25) is 0 Å². The summed E-state index contributed by atoms with van der Waals surface area (Å²) in [6, 6.07) is 21.6. The van der Waals surface area contributed by atoms with E-state index in [9.17, 15) is 9.59 Å². The molecule has 2 amide bonds. The van der Waals surface area contributed by atoms with Crippen molar-refractivity contribution in [2.45, 2.75) is 19.9 Å². The van der Waals surface area contributed by atoms with Crippen LogP contribution in [-0.2, 0) is 4.79 Å². The second-order valence-corrected chi connectivity index (χ2v) is 9.18. The summed E-state index contributed by atoms with van der Waals surface area (Å²) in [6.07, 6.45) is 1.51. The number of rotatable bonds is 7. The number of hydrogen-bond donors (Lipinski definition) is 3. The lowest BCUT2D eigenvalue weighted by atomic mass is 9.94. The van der Waals surface area contributed by atoms with Gasteiger partial charge in [-0.1, -0.05) is 36.4 Å². The SMILES string of the molecule is COc1ccc([C@@H]2C(C(=O)Nc3ccccc3)=C(C)Nc3c(C(=O)Nc4cccc(C)c4)cnn32)cc1OC. The first-order valence-corrected chi connectivity index (χ1v) is 12.4. The van der Waals surface area contributed by atoms with Crippen molar-refractivity contribution in [3.63, 3.8) is 0 Å². The van der Waals surface area contributed by atoms with Gasteiger partial charge in [-0.05, 0) is 61.4 Å². The summed E-state index contributed by atoms with van der Waals surface area (Å²) in [4.78, 5) is 27.0. The minimum atomic E-state index is -0.648. The Morgan fingerprint density at radius 2 is 1.56 bits per heavy atom. The number of ether oxygens (including phenoxy) is 2. The van der Waals surface area contributed by atoms with Crippen molar-refractivity contribution in [2.24, 2.45) is 0 Å². The Bertz CT molecular complexity index is 1580. The number of aryl methyl sites for hydroxylation is 1. The highest BCUT2D eigenvalue weighted by atomic mass is 16.5. The zero-order valence-electron chi connectivity index (χ0n) is 22.1. The quantitative estimate of drug-likeness (QED) is 0.300. The molecule has 0 fully saturated rings. The van der Waals surface area contributed by atoms with Gasteiger partial charge >= 0.3 is 0 Å². The summed E-state index contributed by atoms with van der Waals surface area (Å²) >= 11 is 0. The van der Waals surface area contributed by atoms with Gasteiger partial charge in [-0.25, -0.2) is 4.68 Å². The third kappa shape index (κ3) is 5.06. The molecule has 198 valence electrons. The molecule has 5 rings (SSSR count). The van der Waals surface area contributed by atoms with Crippen LogP contribution in [0.1, 0.15) is 34.5 Å². The Labute approximate surface area is 226 Å². The van der Waals surface area contributed by atoms with Gasteiger partial charge < -0.3 is 25.4 Å². The lowest BCUT2D eigenvalue weighted by Gasteiger charge is -2.30. The molecule has 1 aliphatic heterocycles. The molecule has 0 bridgehead atoms. The highest BCUT2D eigenvalue weighted by Crippen LogP contribution is 2.40. The Hall–Kier alpha value is -5.05. The Morgan fingerprint density at radius 1 is 0.846 bits per heavy atom. The van der Waals surface area contributed by atoms with Gasteiger partial charge in [-0.15, -0.1) is 0 Å². The first kappa shape index (κ1) is 25.6. The van der Waals surface area contributed by atoms with Crippen molar-refractivity contribution in [1.82, 2.24) is 9.78 Å². The highest BCUT2D eigenvalue weighted by molar-refractivity contribution is 6.09. The largest absolute Gasteiger partial charge is 0.493 e. The van der Waals surface area contributed by atoms with Crippen molar-refractivity contribution in [1.29, 1.82) is 0 Å². The predicted molar refractivity (Wildman–Crippen MR) is 150 cm³/mol. The molecule has 2 heterocycles. The zero-order chi connectivity index (χ0) is 27.5. The molecule has 0 aliphatic carbocycles. The van der Waals surface area contributed by atoms with Crippen LogP contribution in [0.5, 0.6) is 11.5 Å². The van der Waals surface area contributed by atoms with Crippen molar-refractivity contribution < 1.29 is 19.1 Å². The minimum Gasteiger partial charge on any atom is -0.493 e. The fourth-order valence-corrected chi connectivity index (χ4v) is 4.69. The number of nitrogens with one attached hydrogen (secondary N) is 3. The van der Waals surface area contributed by atoms with E-state index in [-0.39, 0.29) is 11.8 Å². The summed E-state index contributed by atoms with van der Waals surface area (Å²) in [5, 5.41) is 13.7. The van der Waals surface area contributed by atoms with Crippen LogP contribution >= 0.6 is 0 Å². The number of nitrogens with zero attached hydrogens (tertiary/aromatic N) is 2. The molecule has 9 nitrogen and oxygen atoms in total. The van der Waals surface area contributed by atoms with Gasteiger partial charge in [0, 0.05) is 17.1 Å². The molecule has 1 aliphatic rings. The number of aromatic nitrogens is 2. The normalized spacial score (nSPS) is 14.2. The average molecular weight is 524 g/mol. The van der Waals surface area contributed by atoms with E-state index in [0.717, 1.165) is 11.1 Å². The maximum atomic E-state index is 13.7. The molecule has 9 heteroatoms. The monoisotopic (exact) mass is 523 g/mol. The van der Waals surface area contributed by atoms with E-state index in [1.165, 1.54) is 6.20 Å². The molecule has 0 saturated heterocycles. The molecular formula is C30H29N5O4. The van der Waals surface area contributed by atoms with Crippen molar-refractivity contribution in [3.8, 4) is 11.5 Å². The average Bonchev–Trinajstić information content (AvgIpc) is 3.36. The number of carbonyl (C=O) groups excluding carboxylic acids is 2. The number of allylic oxidation sites excluding steroid dienone is 1. The van der Waals surface area contributed by atoms with Gasteiger partial charge in [0.05, 0.1) is 26.0 Å². The molecule has 39 heavy (non-hydrogen) atoms. The second kappa shape index (κ2) is 10.7. The molecule has 0 unspecified atom stereocenters. The maximum Gasteiger partial charge on any atom is 0.261 e. The summed E-state index contributed by atoms with van der Waals surface area (Å²) in [5.41, 5.74) is 4.52. The van der Waals surface area contributed by atoms with E-state index >= 15 is 0 Å². The van der Waals surface area contributed by atoms with Gasteiger partial charge in [0.15, 0.2) is 11.5 Å². The van der Waals surface area contributed by atoms with E-state index in [0.29, 0.717) is 45.5 Å². The molecule has 3 N–H and O–H groups in total. The van der Waals surface area contributed by atoms with Gasteiger partial charge in [-0.2, -0.15) is 5.10 Å². The summed E-state index contributed by atoms with van der Waals surface area (Å²) in [5.74, 6) is 0.946. The van der Waals surface area contributed by atoms with Gasteiger partial charge in [0.1, 0.15) is 17.4 Å². The number of carbonyl (C=O) groups is 2. The number of fused-ring (bicyclic) bond motifs is 1. The third-order valence-electron chi connectivity index (χ3n) is 6.54. The number of para-hydroxylation sites is 1. The van der Waals surface area contributed by atoms with Crippen molar-refractivity contribution in [3.05, 3.63) is 107 Å². The van der Waals surface area contributed by atoms with E-state index < -0.39 is 6.04 Å². The van der Waals surface area contributed by atoms with Crippen LogP contribution in [0.3, 0.4) is 0 Å². The predicted octanol–water partition coefficient (Wildman–Crippen LogP) is 5.39. The summed E-state index contributed by atoms with van der Waals surface area (Å²) in [6.45, 7) is 3.77. The Morgan fingerprint density at radius 3 is 2.28 bits per heavy atom. The van der Waals surface area contributed by atoms with Crippen LogP contribution in [-0.4, -0.2) is 35.8 Å². The molecule has 1 atom stereocenters. The minimum absolute atomic E-state index is 0.294. The van der Waals surface area contributed by atoms with Crippen LogP contribution in [0, 0.1) is 6.92 Å². The van der Waals surface area contributed by atoms with Gasteiger partial charge in [0.2, 0.25) is 0 Å².